The molecule has 6 heteroatoms. The van der Waals surface area contributed by atoms with E-state index >= 15 is 0 Å². The Morgan fingerprint density at radius 2 is 1.75 bits per heavy atom. The molecule has 3 atom stereocenters. The van der Waals surface area contributed by atoms with E-state index in [9.17, 15) is 13.2 Å². The lowest BCUT2D eigenvalue weighted by molar-refractivity contribution is -0.132. The summed E-state index contributed by atoms with van der Waals surface area (Å²) in [5.41, 5.74) is 0. The highest BCUT2D eigenvalue weighted by atomic mass is 32.2. The smallest absolute Gasteiger partial charge is 0.241 e. The van der Waals surface area contributed by atoms with Crippen LogP contribution in [0.5, 0.6) is 0 Å². The minimum Gasteiger partial charge on any atom is -0.322 e. The van der Waals surface area contributed by atoms with E-state index in [1.54, 1.807) is 4.90 Å². The van der Waals surface area contributed by atoms with Crippen molar-refractivity contribution in [3.05, 3.63) is 0 Å². The molecule has 1 saturated heterocycles. The number of nitrogens with zero attached hydrogens (tertiary/aromatic N) is 1. The van der Waals surface area contributed by atoms with E-state index in [4.69, 9.17) is 0 Å². The van der Waals surface area contributed by atoms with Crippen molar-refractivity contribution in [2.45, 2.75) is 59.3 Å². The first-order valence-electron chi connectivity index (χ1n) is 7.29. The van der Waals surface area contributed by atoms with E-state index in [0.29, 0.717) is 5.92 Å². The molecule has 0 aliphatic carbocycles. The number of sulfone groups is 1. The summed E-state index contributed by atoms with van der Waals surface area (Å²) in [4.78, 5) is 14.3. The highest BCUT2D eigenvalue weighted by molar-refractivity contribution is 7.90. The SMILES string of the molecule is CC(C)CC1NC(C(C)C)C(=O)N1C(C)CS(C)(=O)=O. The number of amides is 1. The van der Waals surface area contributed by atoms with Gasteiger partial charge in [0.15, 0.2) is 0 Å². The van der Waals surface area contributed by atoms with E-state index in [0.717, 1.165) is 6.42 Å². The highest BCUT2D eigenvalue weighted by Gasteiger charge is 2.42. The molecule has 1 amide bonds. The monoisotopic (exact) mass is 304 g/mol. The van der Waals surface area contributed by atoms with Gasteiger partial charge in [0.2, 0.25) is 5.91 Å². The third-order valence-corrected chi connectivity index (χ3v) is 4.70. The molecule has 0 aromatic carbocycles. The summed E-state index contributed by atoms with van der Waals surface area (Å²) < 4.78 is 23.0. The molecular weight excluding hydrogens is 276 g/mol. The number of hydrogen-bond acceptors (Lipinski definition) is 4. The van der Waals surface area contributed by atoms with Gasteiger partial charge in [-0.25, -0.2) is 8.42 Å². The van der Waals surface area contributed by atoms with Crippen LogP contribution in [0.4, 0.5) is 0 Å². The number of carbonyl (C=O) groups is 1. The van der Waals surface area contributed by atoms with Gasteiger partial charge in [0.05, 0.1) is 18.0 Å². The molecule has 0 saturated carbocycles. The lowest BCUT2D eigenvalue weighted by Gasteiger charge is -2.31. The second kappa shape index (κ2) is 6.43. The van der Waals surface area contributed by atoms with E-state index in [2.05, 4.69) is 19.2 Å². The summed E-state index contributed by atoms with van der Waals surface area (Å²) in [6.07, 6.45) is 1.99. The second-order valence-corrected chi connectivity index (χ2v) is 8.91. The fourth-order valence-corrected chi connectivity index (χ4v) is 3.86. The molecule has 1 N–H and O–H groups in total. The van der Waals surface area contributed by atoms with E-state index in [-0.39, 0.29) is 35.8 Å². The normalized spacial score (nSPS) is 25.8. The Balaban J connectivity index is 2.94. The Morgan fingerprint density at radius 1 is 1.20 bits per heavy atom. The van der Waals surface area contributed by atoms with Crippen molar-refractivity contribution in [2.24, 2.45) is 11.8 Å². The topological polar surface area (TPSA) is 66.5 Å². The number of nitrogens with one attached hydrogen (secondary N) is 1. The first-order chi connectivity index (χ1) is 9.03. The zero-order valence-corrected chi connectivity index (χ0v) is 14.2. The molecule has 1 heterocycles. The fraction of sp³-hybridized carbons (Fsp3) is 0.929. The largest absolute Gasteiger partial charge is 0.322 e. The second-order valence-electron chi connectivity index (χ2n) is 6.72. The fourth-order valence-electron chi connectivity index (χ4n) is 2.82. The van der Waals surface area contributed by atoms with Crippen LogP contribution in [0.15, 0.2) is 0 Å². The first kappa shape index (κ1) is 17.4. The Labute approximate surface area is 123 Å². The average Bonchev–Trinajstić information content (AvgIpc) is 2.51. The molecule has 0 spiro atoms. The Kier molecular flexibility index (Phi) is 5.61. The molecule has 1 aliphatic rings. The summed E-state index contributed by atoms with van der Waals surface area (Å²) in [6, 6.07) is -0.502. The van der Waals surface area contributed by atoms with Crippen LogP contribution < -0.4 is 5.32 Å². The summed E-state index contributed by atoms with van der Waals surface area (Å²) in [5, 5.41) is 3.37. The Morgan fingerprint density at radius 3 is 2.15 bits per heavy atom. The van der Waals surface area contributed by atoms with Crippen molar-refractivity contribution in [1.29, 1.82) is 0 Å². The molecule has 0 radical (unpaired) electrons. The molecule has 0 aromatic heterocycles. The summed E-state index contributed by atoms with van der Waals surface area (Å²) in [7, 11) is -3.10. The van der Waals surface area contributed by atoms with Crippen LogP contribution in [-0.4, -0.2) is 49.5 Å². The number of rotatable bonds is 6. The molecule has 1 rings (SSSR count). The van der Waals surface area contributed by atoms with Gasteiger partial charge in [-0.1, -0.05) is 27.7 Å². The number of carbonyl (C=O) groups excluding carboxylic acids is 1. The van der Waals surface area contributed by atoms with Crippen molar-refractivity contribution >= 4 is 15.7 Å². The van der Waals surface area contributed by atoms with E-state index in [1.807, 2.05) is 20.8 Å². The van der Waals surface area contributed by atoms with Gasteiger partial charge < -0.3 is 4.90 Å². The zero-order chi connectivity index (χ0) is 15.7. The minimum atomic E-state index is -3.10. The van der Waals surface area contributed by atoms with Gasteiger partial charge in [-0.3, -0.25) is 10.1 Å². The van der Waals surface area contributed by atoms with Gasteiger partial charge in [0.25, 0.3) is 0 Å². The Hall–Kier alpha value is -0.620. The van der Waals surface area contributed by atoms with Gasteiger partial charge in [-0.15, -0.1) is 0 Å². The van der Waals surface area contributed by atoms with Crippen LogP contribution in [0.1, 0.15) is 41.0 Å². The average molecular weight is 304 g/mol. The maximum atomic E-state index is 12.5. The van der Waals surface area contributed by atoms with Crippen molar-refractivity contribution in [3.8, 4) is 0 Å². The van der Waals surface area contributed by atoms with Crippen molar-refractivity contribution in [2.75, 3.05) is 12.0 Å². The highest BCUT2D eigenvalue weighted by Crippen LogP contribution is 2.24. The maximum Gasteiger partial charge on any atom is 0.241 e. The van der Waals surface area contributed by atoms with Crippen LogP contribution in [0.3, 0.4) is 0 Å². The summed E-state index contributed by atoms with van der Waals surface area (Å²) >= 11 is 0. The van der Waals surface area contributed by atoms with Gasteiger partial charge in [0, 0.05) is 12.3 Å². The molecule has 0 aromatic rings. The third-order valence-electron chi connectivity index (χ3n) is 3.61. The van der Waals surface area contributed by atoms with Crippen molar-refractivity contribution in [3.63, 3.8) is 0 Å². The van der Waals surface area contributed by atoms with Gasteiger partial charge in [-0.2, -0.15) is 0 Å². The molecule has 1 fully saturated rings. The van der Waals surface area contributed by atoms with Crippen LogP contribution >= 0.6 is 0 Å². The van der Waals surface area contributed by atoms with E-state index < -0.39 is 9.84 Å². The van der Waals surface area contributed by atoms with E-state index in [1.165, 1.54) is 6.26 Å². The summed E-state index contributed by atoms with van der Waals surface area (Å²) in [6.45, 7) is 10.0. The van der Waals surface area contributed by atoms with Crippen molar-refractivity contribution in [1.82, 2.24) is 10.2 Å². The van der Waals surface area contributed by atoms with Crippen LogP contribution in [0, 0.1) is 11.8 Å². The number of hydrogen-bond donors (Lipinski definition) is 1. The quantitative estimate of drug-likeness (QED) is 0.802. The molecule has 3 unspecified atom stereocenters. The first-order valence-corrected chi connectivity index (χ1v) is 9.35. The third kappa shape index (κ3) is 4.45. The Bertz CT molecular complexity index is 445. The van der Waals surface area contributed by atoms with Crippen LogP contribution in [-0.2, 0) is 14.6 Å². The standard InChI is InChI=1S/C14H28N2O3S/c1-9(2)7-12-15-13(10(3)4)14(17)16(12)11(5)8-20(6,18)19/h9-13,15H,7-8H2,1-6H3. The lowest BCUT2D eigenvalue weighted by atomic mass is 10.0. The van der Waals surface area contributed by atoms with Gasteiger partial charge >= 0.3 is 0 Å². The molecule has 118 valence electrons. The molecule has 20 heavy (non-hydrogen) atoms. The predicted molar refractivity (Wildman–Crippen MR) is 81.0 cm³/mol. The van der Waals surface area contributed by atoms with Gasteiger partial charge in [0.1, 0.15) is 9.84 Å². The zero-order valence-electron chi connectivity index (χ0n) is 13.4. The molecule has 5 nitrogen and oxygen atoms in total. The summed E-state index contributed by atoms with van der Waals surface area (Å²) in [5.74, 6) is 0.688. The minimum absolute atomic E-state index is 0.0137. The lowest BCUT2D eigenvalue weighted by Crippen LogP contribution is -2.46. The maximum absolute atomic E-state index is 12.5. The van der Waals surface area contributed by atoms with Crippen LogP contribution in [0.2, 0.25) is 0 Å². The van der Waals surface area contributed by atoms with Crippen LogP contribution in [0.25, 0.3) is 0 Å². The van der Waals surface area contributed by atoms with Crippen molar-refractivity contribution < 1.29 is 13.2 Å². The van der Waals surface area contributed by atoms with Gasteiger partial charge in [-0.05, 0) is 25.2 Å². The molecule has 1 aliphatic heterocycles. The molecule has 0 bridgehead atoms. The predicted octanol–water partition coefficient (Wildman–Crippen LogP) is 1.25. The molecular formula is C14H28N2O3S.